The number of hydrogen-bond donors (Lipinski definition) is 0. The second-order valence-electron chi connectivity index (χ2n) is 5.41. The average molecular weight is 257 g/mol. The van der Waals surface area contributed by atoms with Crippen LogP contribution in [-0.2, 0) is 0 Å². The third kappa shape index (κ3) is 1.97. The molecule has 1 aromatic rings. The highest BCUT2D eigenvalue weighted by molar-refractivity contribution is 6.21. The molecule has 2 aliphatic carbocycles. The Balaban J connectivity index is 1.86. The van der Waals surface area contributed by atoms with Gasteiger partial charge in [-0.05, 0) is 55.2 Å². The summed E-state index contributed by atoms with van der Waals surface area (Å²) < 4.78 is 26.8. The van der Waals surface area contributed by atoms with Gasteiger partial charge in [0.05, 0.1) is 5.38 Å². The highest BCUT2D eigenvalue weighted by atomic mass is 35.5. The van der Waals surface area contributed by atoms with Gasteiger partial charge in [-0.25, -0.2) is 8.78 Å². The molecule has 3 rings (SSSR count). The minimum absolute atomic E-state index is 0.326. The second-order valence-corrected chi connectivity index (χ2v) is 5.88. The molecule has 92 valence electrons. The van der Waals surface area contributed by atoms with Gasteiger partial charge in [0.15, 0.2) is 0 Å². The summed E-state index contributed by atoms with van der Waals surface area (Å²) in [6.07, 6.45) is 4.80. The zero-order valence-electron chi connectivity index (χ0n) is 9.50. The van der Waals surface area contributed by atoms with Crippen molar-refractivity contribution in [2.45, 2.75) is 31.1 Å². The summed E-state index contributed by atoms with van der Waals surface area (Å²) >= 11 is 6.38. The van der Waals surface area contributed by atoms with Gasteiger partial charge in [0.1, 0.15) is 11.6 Å². The minimum atomic E-state index is -0.407. The van der Waals surface area contributed by atoms with Gasteiger partial charge in [-0.2, -0.15) is 0 Å². The first-order valence-corrected chi connectivity index (χ1v) is 6.68. The Hall–Kier alpha value is -0.630. The van der Waals surface area contributed by atoms with E-state index >= 15 is 0 Å². The number of fused-ring (bicyclic) bond motifs is 2. The minimum Gasteiger partial charge on any atom is -0.207 e. The number of rotatable bonds is 2. The molecule has 2 bridgehead atoms. The van der Waals surface area contributed by atoms with Crippen molar-refractivity contribution in [2.75, 3.05) is 0 Å². The summed E-state index contributed by atoms with van der Waals surface area (Å²) in [5.74, 6) is 0.920. The molecule has 4 atom stereocenters. The molecule has 0 aromatic heterocycles. The summed E-state index contributed by atoms with van der Waals surface area (Å²) in [6.45, 7) is 0. The normalized spacial score (nSPS) is 33.0. The molecular weight excluding hydrogens is 242 g/mol. The fraction of sp³-hybridized carbons (Fsp3) is 0.571. The predicted octanol–water partition coefficient (Wildman–Crippen LogP) is 4.68. The largest absolute Gasteiger partial charge is 0.207 e. The van der Waals surface area contributed by atoms with Crippen LogP contribution in [0.5, 0.6) is 0 Å². The van der Waals surface area contributed by atoms with Gasteiger partial charge >= 0.3 is 0 Å². The smallest absolute Gasteiger partial charge is 0.128 e. The first-order chi connectivity index (χ1) is 8.15. The molecule has 1 aromatic carbocycles. The van der Waals surface area contributed by atoms with Crippen molar-refractivity contribution in [3.63, 3.8) is 0 Å². The van der Waals surface area contributed by atoms with Gasteiger partial charge in [0, 0.05) is 5.56 Å². The molecule has 0 nitrogen and oxygen atoms in total. The van der Waals surface area contributed by atoms with Crippen molar-refractivity contribution in [1.29, 1.82) is 0 Å². The first-order valence-electron chi connectivity index (χ1n) is 6.24. The van der Waals surface area contributed by atoms with Crippen LogP contribution in [0.2, 0.25) is 0 Å². The van der Waals surface area contributed by atoms with Gasteiger partial charge in [0.2, 0.25) is 0 Å². The topological polar surface area (TPSA) is 0 Å². The molecule has 0 heterocycles. The molecule has 17 heavy (non-hydrogen) atoms. The van der Waals surface area contributed by atoms with Crippen molar-refractivity contribution in [3.05, 3.63) is 35.4 Å². The Labute approximate surface area is 105 Å². The van der Waals surface area contributed by atoms with Crippen molar-refractivity contribution in [3.8, 4) is 0 Å². The Morgan fingerprint density at radius 3 is 2.65 bits per heavy atom. The molecule has 2 aliphatic rings. The molecule has 4 unspecified atom stereocenters. The molecule has 0 spiro atoms. The van der Waals surface area contributed by atoms with Crippen LogP contribution in [0.3, 0.4) is 0 Å². The van der Waals surface area contributed by atoms with E-state index in [1.807, 2.05) is 0 Å². The van der Waals surface area contributed by atoms with E-state index in [0.29, 0.717) is 17.4 Å². The number of halogens is 3. The van der Waals surface area contributed by atoms with E-state index < -0.39 is 5.82 Å². The van der Waals surface area contributed by atoms with Crippen LogP contribution in [0.15, 0.2) is 18.2 Å². The molecule has 0 amide bonds. The second kappa shape index (κ2) is 4.24. The quantitative estimate of drug-likeness (QED) is 0.674. The van der Waals surface area contributed by atoms with Crippen LogP contribution in [-0.4, -0.2) is 0 Å². The van der Waals surface area contributed by atoms with E-state index in [-0.39, 0.29) is 11.2 Å². The van der Waals surface area contributed by atoms with Gasteiger partial charge in [-0.15, -0.1) is 11.6 Å². The maximum atomic E-state index is 13.7. The van der Waals surface area contributed by atoms with Crippen molar-refractivity contribution in [1.82, 2.24) is 0 Å². The van der Waals surface area contributed by atoms with E-state index in [1.54, 1.807) is 0 Å². The Bertz CT molecular complexity index is 432. The highest BCUT2D eigenvalue weighted by Gasteiger charge is 2.43. The monoisotopic (exact) mass is 256 g/mol. The lowest BCUT2D eigenvalue weighted by atomic mass is 9.84. The SMILES string of the molecule is Fc1ccc(F)c(C(Cl)C2CC3CCC2C3)c1. The molecule has 2 saturated carbocycles. The molecule has 0 saturated heterocycles. The number of hydrogen-bond acceptors (Lipinski definition) is 0. The molecule has 0 aliphatic heterocycles. The van der Waals surface area contributed by atoms with Crippen LogP contribution in [0.25, 0.3) is 0 Å². The summed E-state index contributed by atoms with van der Waals surface area (Å²) in [5.41, 5.74) is 0.337. The van der Waals surface area contributed by atoms with Crippen molar-refractivity contribution < 1.29 is 8.78 Å². The summed E-state index contributed by atoms with van der Waals surface area (Å²) in [4.78, 5) is 0. The van der Waals surface area contributed by atoms with Crippen LogP contribution >= 0.6 is 11.6 Å². The number of alkyl halides is 1. The Morgan fingerprint density at radius 1 is 1.18 bits per heavy atom. The maximum Gasteiger partial charge on any atom is 0.128 e. The first kappa shape index (κ1) is 11.5. The van der Waals surface area contributed by atoms with Gasteiger partial charge in [-0.1, -0.05) is 6.42 Å². The predicted molar refractivity (Wildman–Crippen MR) is 63.9 cm³/mol. The van der Waals surface area contributed by atoms with Gasteiger partial charge in [-0.3, -0.25) is 0 Å². The van der Waals surface area contributed by atoms with Gasteiger partial charge < -0.3 is 0 Å². The van der Waals surface area contributed by atoms with Gasteiger partial charge in [0.25, 0.3) is 0 Å². The van der Waals surface area contributed by atoms with Crippen LogP contribution < -0.4 is 0 Å². The molecule has 2 fully saturated rings. The summed E-state index contributed by atoms with van der Waals surface area (Å²) in [7, 11) is 0. The zero-order chi connectivity index (χ0) is 12.0. The lowest BCUT2D eigenvalue weighted by Gasteiger charge is -2.26. The summed E-state index contributed by atoms with van der Waals surface area (Å²) in [6, 6.07) is 3.56. The zero-order valence-corrected chi connectivity index (χ0v) is 10.3. The van der Waals surface area contributed by atoms with E-state index in [1.165, 1.54) is 31.4 Å². The number of benzene rings is 1. The maximum absolute atomic E-state index is 13.7. The molecular formula is C14H15ClF2. The van der Waals surface area contributed by atoms with Crippen molar-refractivity contribution in [2.24, 2.45) is 17.8 Å². The van der Waals surface area contributed by atoms with Crippen molar-refractivity contribution >= 4 is 11.6 Å². The lowest BCUT2D eigenvalue weighted by Crippen LogP contribution is -2.16. The third-order valence-electron chi connectivity index (χ3n) is 4.42. The van der Waals surface area contributed by atoms with E-state index in [2.05, 4.69) is 0 Å². The lowest BCUT2D eigenvalue weighted by molar-refractivity contribution is 0.319. The summed E-state index contributed by atoms with van der Waals surface area (Å²) in [5, 5.41) is -0.374. The van der Waals surface area contributed by atoms with Crippen LogP contribution in [0, 0.1) is 29.4 Å². The molecule has 3 heteroatoms. The van der Waals surface area contributed by atoms with E-state index in [4.69, 9.17) is 11.6 Å². The Morgan fingerprint density at radius 2 is 2.00 bits per heavy atom. The van der Waals surface area contributed by atoms with E-state index in [9.17, 15) is 8.78 Å². The average Bonchev–Trinajstić information content (AvgIpc) is 2.93. The third-order valence-corrected chi connectivity index (χ3v) is 4.98. The van der Waals surface area contributed by atoms with Crippen LogP contribution in [0.4, 0.5) is 8.78 Å². The highest BCUT2D eigenvalue weighted by Crippen LogP contribution is 2.54. The standard InChI is InChI=1S/C14H15ClF2/c15-14(11-6-8-1-2-9(11)5-8)12-7-10(16)3-4-13(12)17/h3-4,7-9,11,14H,1-2,5-6H2. The fourth-order valence-corrected chi connectivity index (χ4v) is 4.08. The molecule has 0 N–H and O–H groups in total. The van der Waals surface area contributed by atoms with E-state index in [0.717, 1.165) is 18.4 Å². The Kier molecular flexibility index (Phi) is 2.86. The fourth-order valence-electron chi connectivity index (χ4n) is 3.61. The molecule has 0 radical (unpaired) electrons. The van der Waals surface area contributed by atoms with Crippen LogP contribution in [0.1, 0.15) is 36.6 Å².